The summed E-state index contributed by atoms with van der Waals surface area (Å²) in [6.45, 7) is 3.04. The van der Waals surface area contributed by atoms with Gasteiger partial charge in [0.15, 0.2) is 0 Å². The average molecular weight is 338 g/mol. The first-order valence-corrected chi connectivity index (χ1v) is 8.28. The molecule has 1 unspecified atom stereocenters. The molecule has 1 aliphatic rings. The highest BCUT2D eigenvalue weighted by Crippen LogP contribution is 2.34. The van der Waals surface area contributed by atoms with Gasteiger partial charge in [0, 0.05) is 37.0 Å². The van der Waals surface area contributed by atoms with Crippen LogP contribution >= 0.6 is 0 Å². The van der Waals surface area contributed by atoms with Crippen molar-refractivity contribution >= 4 is 17.9 Å². The summed E-state index contributed by atoms with van der Waals surface area (Å²) < 4.78 is 0. The summed E-state index contributed by atoms with van der Waals surface area (Å²) in [6.07, 6.45) is 2.32. The Morgan fingerprint density at radius 3 is 2.68 bits per heavy atom. The van der Waals surface area contributed by atoms with E-state index in [4.69, 9.17) is 0 Å². The molecule has 25 heavy (non-hydrogen) atoms. The van der Waals surface area contributed by atoms with E-state index in [-0.39, 0.29) is 11.8 Å². The normalized spacial score (nSPS) is 18.9. The van der Waals surface area contributed by atoms with Crippen molar-refractivity contribution < 1.29 is 9.90 Å². The van der Waals surface area contributed by atoms with Crippen molar-refractivity contribution in [2.75, 3.05) is 18.4 Å². The van der Waals surface area contributed by atoms with Gasteiger partial charge in [-0.1, -0.05) is 35.9 Å². The summed E-state index contributed by atoms with van der Waals surface area (Å²) in [5.74, 6) is 0.193. The quantitative estimate of drug-likeness (QED) is 0.676. The largest absolute Gasteiger partial charge is 0.508 e. The van der Waals surface area contributed by atoms with Crippen LogP contribution in [0.1, 0.15) is 17.5 Å². The Labute approximate surface area is 147 Å². The maximum absolute atomic E-state index is 12.0. The Morgan fingerprint density at radius 1 is 1.24 bits per heavy atom. The Bertz CT molecular complexity index is 773. The van der Waals surface area contributed by atoms with Crippen LogP contribution < -0.4 is 16.0 Å². The lowest BCUT2D eigenvalue weighted by Crippen LogP contribution is -2.41. The summed E-state index contributed by atoms with van der Waals surface area (Å²) in [5, 5.41) is 19.1. The van der Waals surface area contributed by atoms with Crippen LogP contribution in [0.4, 0.5) is 10.5 Å². The van der Waals surface area contributed by atoms with Crippen LogP contribution in [-0.4, -0.2) is 30.4 Å². The second kappa shape index (κ2) is 7.36. The van der Waals surface area contributed by atoms with Crippen molar-refractivity contribution in [1.82, 2.24) is 10.6 Å². The van der Waals surface area contributed by atoms with E-state index in [9.17, 15) is 9.90 Å². The highest BCUT2D eigenvalue weighted by molar-refractivity contribution is 5.89. The number of phenols is 1. The van der Waals surface area contributed by atoms with E-state index in [1.54, 1.807) is 18.3 Å². The first-order valence-electron chi connectivity index (χ1n) is 8.28. The molecular formula is C19H22N4O2. The number of urea groups is 1. The number of nitrogens with one attached hydrogen (secondary N) is 3. The van der Waals surface area contributed by atoms with E-state index in [0.717, 1.165) is 11.3 Å². The smallest absolute Gasteiger partial charge is 0.319 e. The number of aromatic hydroxyl groups is 1. The standard InChI is InChI=1S/C19H22N4O2/c1-14-6-8-15(9-7-14)23-18(25)20-11-10-19(21-12-13-22-19)16-4-2-3-5-17(16)24/h2-9,12,22,24H,10-11,13H2,1H3,(H2,20,23,25). The third-order valence-corrected chi connectivity index (χ3v) is 4.23. The zero-order chi connectivity index (χ0) is 17.7. The lowest BCUT2D eigenvalue weighted by Gasteiger charge is -2.28. The topological polar surface area (TPSA) is 85.8 Å². The monoisotopic (exact) mass is 338 g/mol. The number of phenolic OH excluding ortho intramolecular Hbond substituents is 1. The maximum atomic E-state index is 12.0. The first-order chi connectivity index (χ1) is 12.1. The van der Waals surface area contributed by atoms with Gasteiger partial charge in [-0.3, -0.25) is 10.3 Å². The van der Waals surface area contributed by atoms with Crippen molar-refractivity contribution in [3.8, 4) is 5.75 Å². The van der Waals surface area contributed by atoms with Gasteiger partial charge in [0.05, 0.1) is 0 Å². The lowest BCUT2D eigenvalue weighted by atomic mass is 9.96. The summed E-state index contributed by atoms with van der Waals surface area (Å²) in [6, 6.07) is 14.5. The van der Waals surface area contributed by atoms with Crippen molar-refractivity contribution in [2.24, 2.45) is 4.99 Å². The maximum Gasteiger partial charge on any atom is 0.319 e. The predicted molar refractivity (Wildman–Crippen MR) is 99.1 cm³/mol. The van der Waals surface area contributed by atoms with Gasteiger partial charge >= 0.3 is 6.03 Å². The molecule has 0 saturated carbocycles. The molecule has 1 atom stereocenters. The third-order valence-electron chi connectivity index (χ3n) is 4.23. The van der Waals surface area contributed by atoms with Crippen LogP contribution in [0, 0.1) is 6.92 Å². The molecule has 1 heterocycles. The molecule has 2 aromatic carbocycles. The fraction of sp³-hybridized carbons (Fsp3) is 0.263. The Hall–Kier alpha value is -2.86. The van der Waals surface area contributed by atoms with Crippen molar-refractivity contribution in [3.63, 3.8) is 0 Å². The average Bonchev–Trinajstić information content (AvgIpc) is 3.07. The van der Waals surface area contributed by atoms with E-state index >= 15 is 0 Å². The minimum Gasteiger partial charge on any atom is -0.508 e. The number of rotatable bonds is 5. The molecule has 2 amide bonds. The van der Waals surface area contributed by atoms with E-state index in [1.807, 2.05) is 43.3 Å². The number of aryl methyl sites for hydroxylation is 1. The van der Waals surface area contributed by atoms with E-state index in [2.05, 4.69) is 20.9 Å². The Morgan fingerprint density at radius 2 is 2.00 bits per heavy atom. The predicted octanol–water partition coefficient (Wildman–Crippen LogP) is 2.74. The van der Waals surface area contributed by atoms with Gasteiger partial charge < -0.3 is 15.7 Å². The molecule has 0 fully saturated rings. The SMILES string of the molecule is Cc1ccc(NC(=O)NCCC2(c3ccccc3O)N=CCN2)cc1. The van der Waals surface area contributed by atoms with Gasteiger partial charge in [-0.05, 0) is 25.1 Å². The molecule has 0 aromatic heterocycles. The second-order valence-corrected chi connectivity index (χ2v) is 6.07. The Kier molecular flexibility index (Phi) is 5.00. The highest BCUT2D eigenvalue weighted by atomic mass is 16.3. The minimum atomic E-state index is -0.706. The third kappa shape index (κ3) is 3.97. The number of hydrogen-bond acceptors (Lipinski definition) is 4. The summed E-state index contributed by atoms with van der Waals surface area (Å²) in [4.78, 5) is 16.6. The molecule has 6 heteroatoms. The number of carbonyl (C=O) groups is 1. The number of amides is 2. The number of benzene rings is 2. The molecule has 0 radical (unpaired) electrons. The molecule has 0 saturated heterocycles. The van der Waals surface area contributed by atoms with E-state index < -0.39 is 5.66 Å². The second-order valence-electron chi connectivity index (χ2n) is 6.07. The van der Waals surface area contributed by atoms with Crippen molar-refractivity contribution in [3.05, 3.63) is 59.7 Å². The molecule has 4 N–H and O–H groups in total. The number of anilines is 1. The highest BCUT2D eigenvalue weighted by Gasteiger charge is 2.35. The van der Waals surface area contributed by atoms with Gasteiger partial charge in [-0.25, -0.2) is 4.79 Å². The van der Waals surface area contributed by atoms with Crippen molar-refractivity contribution in [1.29, 1.82) is 0 Å². The van der Waals surface area contributed by atoms with Crippen LogP contribution in [0.25, 0.3) is 0 Å². The van der Waals surface area contributed by atoms with E-state index in [0.29, 0.717) is 25.1 Å². The molecule has 0 bridgehead atoms. The number of carbonyl (C=O) groups excluding carboxylic acids is 1. The summed E-state index contributed by atoms with van der Waals surface area (Å²) >= 11 is 0. The van der Waals surface area contributed by atoms with Crippen LogP contribution in [0.2, 0.25) is 0 Å². The van der Waals surface area contributed by atoms with Gasteiger partial charge in [0.25, 0.3) is 0 Å². The molecule has 0 aliphatic carbocycles. The molecule has 1 aliphatic heterocycles. The van der Waals surface area contributed by atoms with Gasteiger partial charge in [-0.15, -0.1) is 0 Å². The van der Waals surface area contributed by atoms with Crippen LogP contribution in [0.3, 0.4) is 0 Å². The fourth-order valence-corrected chi connectivity index (χ4v) is 2.91. The fourth-order valence-electron chi connectivity index (χ4n) is 2.91. The number of aliphatic imine (C=N–C) groups is 1. The Balaban J connectivity index is 1.59. The van der Waals surface area contributed by atoms with Crippen LogP contribution in [0.15, 0.2) is 53.5 Å². The van der Waals surface area contributed by atoms with E-state index in [1.165, 1.54) is 0 Å². The molecule has 3 rings (SSSR count). The first kappa shape index (κ1) is 17.0. The molecule has 2 aromatic rings. The number of nitrogens with zero attached hydrogens (tertiary/aromatic N) is 1. The summed E-state index contributed by atoms with van der Waals surface area (Å²) in [7, 11) is 0. The molecule has 0 spiro atoms. The van der Waals surface area contributed by atoms with Gasteiger partial charge in [0.2, 0.25) is 0 Å². The molecular weight excluding hydrogens is 316 g/mol. The van der Waals surface area contributed by atoms with Crippen molar-refractivity contribution in [2.45, 2.75) is 19.0 Å². The zero-order valence-electron chi connectivity index (χ0n) is 14.1. The van der Waals surface area contributed by atoms with Gasteiger partial charge in [-0.2, -0.15) is 0 Å². The molecule has 130 valence electrons. The lowest BCUT2D eigenvalue weighted by molar-refractivity contribution is 0.249. The number of hydrogen-bond donors (Lipinski definition) is 4. The minimum absolute atomic E-state index is 0.193. The molecule has 6 nitrogen and oxygen atoms in total. The van der Waals surface area contributed by atoms with Gasteiger partial charge in [0.1, 0.15) is 11.4 Å². The zero-order valence-corrected chi connectivity index (χ0v) is 14.1. The summed E-state index contributed by atoms with van der Waals surface area (Å²) in [5.41, 5.74) is 1.89. The van der Waals surface area contributed by atoms with Crippen LogP contribution in [0.5, 0.6) is 5.75 Å². The van der Waals surface area contributed by atoms with Crippen LogP contribution in [-0.2, 0) is 5.66 Å². The number of para-hydroxylation sites is 1.